The Hall–Kier alpha value is 0.812. The van der Waals surface area contributed by atoms with Crippen molar-refractivity contribution in [2.45, 2.75) is 79.1 Å². The molecule has 0 saturated carbocycles. The van der Waals surface area contributed by atoms with Crippen molar-refractivity contribution in [1.29, 1.82) is 0 Å². The van der Waals surface area contributed by atoms with E-state index in [1.807, 2.05) is 0 Å². The van der Waals surface area contributed by atoms with Gasteiger partial charge in [0.2, 0.25) is 0 Å². The Morgan fingerprint density at radius 1 is 0.242 bits per heavy atom. The van der Waals surface area contributed by atoms with Crippen LogP contribution < -0.4 is 43.2 Å². The Bertz CT molecular complexity index is 1810. The second kappa shape index (κ2) is 138. The zero-order valence-electron chi connectivity index (χ0n) is 44.8. The standard InChI is InChI=1S/C16H36N.Ce.Mo.9HO3Si.9H2O.18O.9W/c1-5-9-13-17(14-10-6-2,15-11-7-3)16-12-8-4;;;9*1-4(2)3;;;;;;;;;;;;;;;;;;;;;;;;;;;;;;;;;;;;/h5-16H2,1-4H3;;;9*1H;9*1H2;;;;;;;;;;;;;;;;;;;;;;;;;;;/q+1;+3;;9*-1;;;;;;;;;;;;;;;;;;;;;;;;;;;;9*+1/p-9. The van der Waals surface area contributed by atoms with Gasteiger partial charge in [-0.15, -0.1) is 0 Å². The van der Waals surface area contributed by atoms with Crippen LogP contribution in [0.15, 0.2) is 0 Å². The molecule has 55 nitrogen and oxygen atoms in total. The molecule has 0 aromatic heterocycles. The summed E-state index contributed by atoms with van der Waals surface area (Å²) in [5, 5.41) is 0. The molecular formula is C16H54CeMoNO54Si9W9-5. The van der Waals surface area contributed by atoms with Crippen LogP contribution in [-0.2, 0) is 281 Å². The molecule has 0 aliphatic carbocycles. The average Bonchev–Trinajstić information content (AvgIpc) is 3.20. The average molecular weight is 3270 g/mol. The fourth-order valence-corrected chi connectivity index (χ4v) is 2.64. The number of rotatable bonds is 12. The minimum absolute atomic E-state index is 0. The summed E-state index contributed by atoms with van der Waals surface area (Å²) in [6.07, 6.45) is 11.1. The summed E-state index contributed by atoms with van der Waals surface area (Å²) in [7, 11) is -30.4. The number of unbranched alkanes of at least 4 members (excludes halogenated alkanes) is 4. The van der Waals surface area contributed by atoms with Crippen molar-refractivity contribution in [3.05, 3.63) is 0 Å². The molecule has 0 rings (SSSR count). The molecule has 0 aliphatic rings. The van der Waals surface area contributed by atoms with Crippen LogP contribution in [0.1, 0.15) is 79.1 Å². The number of hydrogen-bond donors (Lipinski definition) is 18. The third-order valence-corrected chi connectivity index (χ3v) is 3.94. The first-order valence-electron chi connectivity index (χ1n) is 18.4. The summed E-state index contributed by atoms with van der Waals surface area (Å²) in [5.41, 5.74) is 0. The van der Waals surface area contributed by atoms with Crippen LogP contribution in [0, 0.1) is 41.7 Å². The fourth-order valence-electron chi connectivity index (χ4n) is 2.64. The van der Waals surface area contributed by atoms with Gasteiger partial charge in [0.25, 0.3) is 0 Å². The van der Waals surface area contributed by atoms with E-state index < -0.39 is 241 Å². The van der Waals surface area contributed by atoms with Crippen LogP contribution in [-0.4, -0.2) is 190 Å². The van der Waals surface area contributed by atoms with Crippen LogP contribution >= 0.6 is 0 Å². The molecule has 0 atom stereocenters. The molecule has 0 spiro atoms. The van der Waals surface area contributed by atoms with Gasteiger partial charge in [0, 0.05) is 21.1 Å². The normalized spacial score (nSPS) is 7.09. The van der Waals surface area contributed by atoms with E-state index in [1.54, 1.807) is 0 Å². The Morgan fingerprint density at radius 3 is 0.319 bits per heavy atom. The summed E-state index contributed by atoms with van der Waals surface area (Å²) in [5.74, 6) is 0. The molecule has 75 heteroatoms. The predicted molar refractivity (Wildman–Crippen MR) is 190 cm³/mol. The minimum atomic E-state index is -4.03. The Kier molecular flexibility index (Phi) is 229. The van der Waals surface area contributed by atoms with Crippen LogP contribution in [0.4, 0.5) is 0 Å². The third-order valence-electron chi connectivity index (χ3n) is 3.94. The van der Waals surface area contributed by atoms with Crippen molar-refractivity contribution >= 4 is 82.5 Å². The molecule has 0 fully saturated rings. The van der Waals surface area contributed by atoms with Crippen molar-refractivity contribution in [3.63, 3.8) is 0 Å². The van der Waals surface area contributed by atoms with E-state index in [0.29, 0.717) is 0 Å². The molecule has 0 heterocycles. The first-order chi connectivity index (χ1) is 39.4. The van der Waals surface area contributed by atoms with E-state index in [0.717, 1.165) is 0 Å². The summed E-state index contributed by atoms with van der Waals surface area (Å²) < 4.78 is 300. The molecule has 0 bridgehead atoms. The van der Waals surface area contributed by atoms with Gasteiger partial charge in [-0.1, -0.05) is 53.4 Å². The molecule has 18 N–H and O–H groups in total. The van der Waals surface area contributed by atoms with Gasteiger partial charge in [0.05, 0.1) is 26.2 Å². The summed E-state index contributed by atoms with van der Waals surface area (Å²) in [6, 6.07) is 0. The SMILES string of the molecule is CCCC[N+](CCCC)(CCCC)CCCC.O=[Si]([O-])O.O=[Si]([O-])O.O=[Si]([O-])O.O=[Si]([O-])O.O=[Si]([O-])O.O=[Si]([O-])O.O=[Si]([O-])O.O=[Si]([O-])O.O=[Si]([O-])O.[Ce+3].[Mo].[O]=[W](=[O])[OH].[O]=[W](=[O])[OH].[O]=[W](=[O])[OH].[O]=[W](=[O])[OH].[O]=[W](=[O])[OH].[O]=[W](=[O])[OH].[O]=[W](=[O])[OH].[O]=[W](=[O])[OH].[O]=[W](=[O])[OH]. The summed E-state index contributed by atoms with van der Waals surface area (Å²) in [6.45, 7) is 15.0. The first kappa shape index (κ1) is 151. The van der Waals surface area contributed by atoms with Crippen LogP contribution in [0.3, 0.4) is 0 Å². The second-order valence-corrected chi connectivity index (χ2v) is 28.8. The van der Waals surface area contributed by atoms with Crippen LogP contribution in [0.5, 0.6) is 0 Å². The fraction of sp³-hybridized carbons (Fsp3) is 1.00. The van der Waals surface area contributed by atoms with E-state index in [9.17, 15) is 0 Å². The maximum atomic E-state index is 8.72. The molecule has 0 saturated heterocycles. The van der Waals surface area contributed by atoms with E-state index >= 15 is 0 Å². The molecule has 91 heavy (non-hydrogen) atoms. The number of hydrogen-bond acceptors (Lipinski definition) is 36. The van der Waals surface area contributed by atoms with Gasteiger partial charge in [-0.2, -0.15) is 0 Å². The van der Waals surface area contributed by atoms with Gasteiger partial charge in [-0.05, 0) is 25.7 Å². The second-order valence-electron chi connectivity index (χ2n) is 10.00. The number of quaternary nitrogens is 1. The Balaban J connectivity index is -0.0000000308. The summed E-state index contributed by atoms with van der Waals surface area (Å²) >= 11 is -36.3. The van der Waals surface area contributed by atoms with Crippen molar-refractivity contribution in [2.24, 2.45) is 0 Å². The third kappa shape index (κ3) is 1650. The van der Waals surface area contributed by atoms with Gasteiger partial charge in [-0.3, -0.25) is 0 Å². The maximum absolute atomic E-state index is 8.72. The van der Waals surface area contributed by atoms with Gasteiger partial charge >= 0.3 is 378 Å². The van der Waals surface area contributed by atoms with Gasteiger partial charge in [-0.25, -0.2) is 0 Å². The van der Waals surface area contributed by atoms with E-state index in [2.05, 4.69) is 27.7 Å². The van der Waals surface area contributed by atoms with Crippen molar-refractivity contribution in [2.75, 3.05) is 26.2 Å². The van der Waals surface area contributed by atoms with Gasteiger partial charge < -0.3 is 131 Å². The van der Waals surface area contributed by atoms with Gasteiger partial charge in [0.1, 0.15) is 0 Å². The van der Waals surface area contributed by atoms with Crippen molar-refractivity contribution < 1.29 is 447 Å². The predicted octanol–water partition coefficient (Wildman–Crippen LogP) is -22.4. The van der Waals surface area contributed by atoms with Crippen molar-refractivity contribution in [3.8, 4) is 0 Å². The zero-order valence-corrected chi connectivity index (χ0v) is 85.3. The summed E-state index contributed by atoms with van der Waals surface area (Å²) in [4.78, 5) is 141. The molecule has 1 radical (unpaired) electrons. The van der Waals surface area contributed by atoms with E-state index in [4.69, 9.17) is 221 Å². The van der Waals surface area contributed by atoms with Crippen LogP contribution in [0.2, 0.25) is 0 Å². The molecule has 552 valence electrons. The van der Waals surface area contributed by atoms with Crippen molar-refractivity contribution in [1.82, 2.24) is 0 Å². The van der Waals surface area contributed by atoms with E-state index in [1.165, 1.54) is 82.0 Å². The topological polar surface area (TPSA) is 1030 Å². The molecule has 0 amide bonds. The number of nitrogens with zero attached hydrogens (tertiary/aromatic N) is 1. The Morgan fingerprint density at radius 2 is 0.286 bits per heavy atom. The molecule has 0 aliphatic heterocycles. The monoisotopic (exact) mass is 3270 g/mol. The molecule has 0 unspecified atom stereocenters. The van der Waals surface area contributed by atoms with Crippen LogP contribution in [0.25, 0.3) is 0 Å². The van der Waals surface area contributed by atoms with E-state index in [-0.39, 0.29) is 62.8 Å². The van der Waals surface area contributed by atoms with Gasteiger partial charge in [0.15, 0.2) is 0 Å². The molecule has 0 aromatic carbocycles. The first-order valence-corrected chi connectivity index (χ1v) is 63.2. The molecular weight excluding hydrogens is 3210 g/mol. The molecule has 0 aromatic rings. The Labute approximate surface area is 625 Å². The zero-order chi connectivity index (χ0) is 77.4. The quantitative estimate of drug-likeness (QED) is 0.0637.